The van der Waals surface area contributed by atoms with Crippen LogP contribution in [-0.4, -0.2) is 21.1 Å². The van der Waals surface area contributed by atoms with Crippen molar-refractivity contribution in [3.05, 3.63) is 22.6 Å². The predicted molar refractivity (Wildman–Crippen MR) is 51.3 cm³/mol. The molecule has 0 N–H and O–H groups in total. The van der Waals surface area contributed by atoms with Crippen LogP contribution in [0.4, 0.5) is 4.79 Å². The molecule has 0 aromatic carbocycles. The third-order valence-electron chi connectivity index (χ3n) is 1.58. The molecule has 0 aliphatic carbocycles. The molecule has 0 aliphatic heterocycles. The SMILES string of the molecule is Cn1c(=O)ccn1C(=O)OC(C)(C)C. The zero-order chi connectivity index (χ0) is 10.9. The van der Waals surface area contributed by atoms with E-state index in [9.17, 15) is 9.59 Å². The molecule has 0 saturated carbocycles. The predicted octanol–water partition coefficient (Wildman–Crippen LogP) is 0.970. The molecule has 1 aromatic heterocycles. The van der Waals surface area contributed by atoms with Gasteiger partial charge in [-0.1, -0.05) is 0 Å². The summed E-state index contributed by atoms with van der Waals surface area (Å²) in [6.45, 7) is 5.31. The van der Waals surface area contributed by atoms with Crippen LogP contribution in [0.3, 0.4) is 0 Å². The molecule has 1 aromatic rings. The van der Waals surface area contributed by atoms with Gasteiger partial charge in [0.2, 0.25) is 0 Å². The second-order valence-electron chi connectivity index (χ2n) is 4.00. The fourth-order valence-electron chi connectivity index (χ4n) is 0.940. The maximum atomic E-state index is 11.5. The first kappa shape index (κ1) is 10.6. The van der Waals surface area contributed by atoms with Gasteiger partial charge in [0.1, 0.15) is 5.60 Å². The Balaban J connectivity index is 2.91. The molecule has 1 heterocycles. The van der Waals surface area contributed by atoms with Crippen LogP contribution in [0.2, 0.25) is 0 Å². The van der Waals surface area contributed by atoms with E-state index in [1.807, 2.05) is 0 Å². The van der Waals surface area contributed by atoms with Crippen molar-refractivity contribution in [2.45, 2.75) is 26.4 Å². The van der Waals surface area contributed by atoms with Crippen molar-refractivity contribution in [2.75, 3.05) is 0 Å². The molecule has 78 valence electrons. The molecule has 14 heavy (non-hydrogen) atoms. The number of nitrogens with zero attached hydrogens (tertiary/aromatic N) is 2. The van der Waals surface area contributed by atoms with E-state index in [0.717, 1.165) is 4.68 Å². The van der Waals surface area contributed by atoms with Gasteiger partial charge in [0.05, 0.1) is 0 Å². The summed E-state index contributed by atoms with van der Waals surface area (Å²) >= 11 is 0. The molecule has 0 bridgehead atoms. The molecule has 5 nitrogen and oxygen atoms in total. The number of ether oxygens (including phenoxy) is 1. The highest BCUT2D eigenvalue weighted by atomic mass is 16.6. The van der Waals surface area contributed by atoms with Crippen LogP contribution in [0, 0.1) is 0 Å². The van der Waals surface area contributed by atoms with Crippen LogP contribution in [0.1, 0.15) is 20.8 Å². The molecule has 0 spiro atoms. The lowest BCUT2D eigenvalue weighted by atomic mass is 10.2. The first-order valence-electron chi connectivity index (χ1n) is 4.29. The number of rotatable bonds is 0. The average Bonchev–Trinajstić information content (AvgIpc) is 2.29. The van der Waals surface area contributed by atoms with E-state index in [1.54, 1.807) is 20.8 Å². The lowest BCUT2D eigenvalue weighted by Gasteiger charge is -2.19. The minimum atomic E-state index is -0.558. The van der Waals surface area contributed by atoms with Gasteiger partial charge in [-0.05, 0) is 20.8 Å². The number of hydrogen-bond donors (Lipinski definition) is 0. The van der Waals surface area contributed by atoms with E-state index >= 15 is 0 Å². The molecule has 1 rings (SSSR count). The van der Waals surface area contributed by atoms with Crippen molar-refractivity contribution in [2.24, 2.45) is 7.05 Å². The number of carbonyl (C=O) groups is 1. The standard InChI is InChI=1S/C9H14N2O3/c1-9(2,3)14-8(13)11-6-5-7(12)10(11)4/h5-6H,1-4H3. The highest BCUT2D eigenvalue weighted by molar-refractivity contribution is 5.69. The number of hydrogen-bond acceptors (Lipinski definition) is 3. The Labute approximate surface area is 81.9 Å². The number of carbonyl (C=O) groups excluding carboxylic acids is 1. The Kier molecular flexibility index (Phi) is 2.51. The Bertz CT molecular complexity index is 395. The minimum Gasteiger partial charge on any atom is -0.442 e. The highest BCUT2D eigenvalue weighted by Crippen LogP contribution is 2.07. The zero-order valence-electron chi connectivity index (χ0n) is 8.77. The molecule has 0 aliphatic rings. The van der Waals surface area contributed by atoms with Crippen LogP contribution >= 0.6 is 0 Å². The van der Waals surface area contributed by atoms with E-state index in [-0.39, 0.29) is 5.56 Å². The molecule has 0 radical (unpaired) electrons. The molecular weight excluding hydrogens is 184 g/mol. The quantitative estimate of drug-likeness (QED) is 0.624. The Morgan fingerprint density at radius 1 is 1.43 bits per heavy atom. The van der Waals surface area contributed by atoms with Gasteiger partial charge < -0.3 is 4.74 Å². The first-order valence-corrected chi connectivity index (χ1v) is 4.29. The van der Waals surface area contributed by atoms with Crippen LogP contribution in [0.25, 0.3) is 0 Å². The Hall–Kier alpha value is -1.52. The van der Waals surface area contributed by atoms with Gasteiger partial charge in [0.15, 0.2) is 0 Å². The molecule has 5 heteroatoms. The molecule has 0 fully saturated rings. The van der Waals surface area contributed by atoms with Crippen LogP contribution in [0.15, 0.2) is 17.1 Å². The van der Waals surface area contributed by atoms with Gasteiger partial charge in [-0.2, -0.15) is 4.68 Å². The fraction of sp³-hybridized carbons (Fsp3) is 0.556. The minimum absolute atomic E-state index is 0.240. The molecule has 0 atom stereocenters. The van der Waals surface area contributed by atoms with Gasteiger partial charge >= 0.3 is 6.09 Å². The summed E-state index contributed by atoms with van der Waals surface area (Å²) in [4.78, 5) is 22.5. The monoisotopic (exact) mass is 198 g/mol. The van der Waals surface area contributed by atoms with E-state index in [2.05, 4.69) is 0 Å². The van der Waals surface area contributed by atoms with Gasteiger partial charge in [-0.15, -0.1) is 0 Å². The first-order chi connectivity index (χ1) is 6.31. The Morgan fingerprint density at radius 2 is 2.00 bits per heavy atom. The summed E-state index contributed by atoms with van der Waals surface area (Å²) in [5, 5.41) is 0. The van der Waals surface area contributed by atoms with Gasteiger partial charge in [-0.3, -0.25) is 4.79 Å². The van der Waals surface area contributed by atoms with E-state index in [0.29, 0.717) is 0 Å². The van der Waals surface area contributed by atoms with Crippen molar-refractivity contribution >= 4 is 6.09 Å². The molecule has 0 saturated heterocycles. The van der Waals surface area contributed by atoms with Crippen LogP contribution in [-0.2, 0) is 11.8 Å². The summed E-state index contributed by atoms with van der Waals surface area (Å²) in [5.74, 6) is 0. The largest absolute Gasteiger partial charge is 0.442 e. The van der Waals surface area contributed by atoms with Crippen molar-refractivity contribution in [1.82, 2.24) is 9.36 Å². The highest BCUT2D eigenvalue weighted by Gasteiger charge is 2.18. The van der Waals surface area contributed by atoms with Crippen molar-refractivity contribution < 1.29 is 9.53 Å². The topological polar surface area (TPSA) is 53.2 Å². The molecular formula is C9H14N2O3. The maximum Gasteiger partial charge on any atom is 0.433 e. The third kappa shape index (κ3) is 2.25. The normalized spacial score (nSPS) is 11.4. The number of aromatic nitrogens is 2. The van der Waals surface area contributed by atoms with E-state index in [1.165, 1.54) is 24.0 Å². The molecule has 0 amide bonds. The van der Waals surface area contributed by atoms with E-state index < -0.39 is 11.7 Å². The summed E-state index contributed by atoms with van der Waals surface area (Å²) in [5.41, 5.74) is -0.798. The van der Waals surface area contributed by atoms with Crippen molar-refractivity contribution in [1.29, 1.82) is 0 Å². The second-order valence-corrected chi connectivity index (χ2v) is 4.00. The Morgan fingerprint density at radius 3 is 2.36 bits per heavy atom. The fourth-order valence-corrected chi connectivity index (χ4v) is 0.940. The van der Waals surface area contributed by atoms with Crippen LogP contribution in [0.5, 0.6) is 0 Å². The van der Waals surface area contributed by atoms with Crippen molar-refractivity contribution in [3.8, 4) is 0 Å². The van der Waals surface area contributed by atoms with Gasteiger partial charge in [0, 0.05) is 19.3 Å². The lowest BCUT2D eigenvalue weighted by Crippen LogP contribution is -2.31. The average molecular weight is 198 g/mol. The summed E-state index contributed by atoms with van der Waals surface area (Å²) in [7, 11) is 1.51. The van der Waals surface area contributed by atoms with E-state index in [4.69, 9.17) is 4.74 Å². The van der Waals surface area contributed by atoms with Crippen LogP contribution < -0.4 is 5.56 Å². The maximum absolute atomic E-state index is 11.5. The van der Waals surface area contributed by atoms with Crippen molar-refractivity contribution in [3.63, 3.8) is 0 Å². The second kappa shape index (κ2) is 3.32. The lowest BCUT2D eigenvalue weighted by molar-refractivity contribution is 0.0494. The summed E-state index contributed by atoms with van der Waals surface area (Å²) in [6.07, 6.45) is 0.832. The van der Waals surface area contributed by atoms with Gasteiger partial charge in [0.25, 0.3) is 5.56 Å². The van der Waals surface area contributed by atoms with Gasteiger partial charge in [-0.25, -0.2) is 9.48 Å². The summed E-state index contributed by atoms with van der Waals surface area (Å²) in [6, 6.07) is 1.31. The summed E-state index contributed by atoms with van der Waals surface area (Å²) < 4.78 is 7.40. The zero-order valence-corrected chi connectivity index (χ0v) is 8.77. The molecule has 0 unspecified atom stereocenters. The third-order valence-corrected chi connectivity index (χ3v) is 1.58. The smallest absolute Gasteiger partial charge is 0.433 e.